The zero-order valence-corrected chi connectivity index (χ0v) is 14.8. The van der Waals surface area contributed by atoms with Crippen LogP contribution in [0.1, 0.15) is 11.1 Å². The Kier molecular flexibility index (Phi) is 4.61. The van der Waals surface area contributed by atoms with Crippen molar-refractivity contribution in [1.82, 2.24) is 4.98 Å². The molecule has 0 atom stereocenters. The van der Waals surface area contributed by atoms with Crippen LogP contribution in [-0.2, 0) is 10.0 Å². The van der Waals surface area contributed by atoms with Crippen molar-refractivity contribution in [3.05, 3.63) is 71.9 Å². The van der Waals surface area contributed by atoms with Crippen molar-refractivity contribution in [2.75, 3.05) is 10.5 Å². The summed E-state index contributed by atoms with van der Waals surface area (Å²) >= 11 is 0. The van der Waals surface area contributed by atoms with Crippen molar-refractivity contribution in [3.8, 4) is 17.3 Å². The third kappa shape index (κ3) is 3.66. The summed E-state index contributed by atoms with van der Waals surface area (Å²) in [7, 11) is -3.73. The largest absolute Gasteiger partial charge is 0.399 e. The predicted molar refractivity (Wildman–Crippen MR) is 101 cm³/mol. The van der Waals surface area contributed by atoms with E-state index in [1.807, 2.05) is 25.1 Å². The number of nitriles is 1. The summed E-state index contributed by atoms with van der Waals surface area (Å²) in [5.41, 5.74) is 9.20. The molecule has 0 radical (unpaired) electrons. The quantitative estimate of drug-likeness (QED) is 0.690. The summed E-state index contributed by atoms with van der Waals surface area (Å²) in [5.74, 6) is 0. The Morgan fingerprint density at radius 1 is 1.08 bits per heavy atom. The molecule has 3 rings (SSSR count). The first-order chi connectivity index (χ1) is 12.4. The minimum absolute atomic E-state index is 0.132. The number of pyridine rings is 1. The number of nitrogens with zero attached hydrogens (tertiary/aromatic N) is 2. The molecule has 0 unspecified atom stereocenters. The van der Waals surface area contributed by atoms with Crippen molar-refractivity contribution in [1.29, 1.82) is 5.26 Å². The van der Waals surface area contributed by atoms with Crippen molar-refractivity contribution in [2.45, 2.75) is 11.8 Å². The van der Waals surface area contributed by atoms with Crippen LogP contribution >= 0.6 is 0 Å². The summed E-state index contributed by atoms with van der Waals surface area (Å²) in [6, 6.07) is 16.8. The van der Waals surface area contributed by atoms with E-state index < -0.39 is 10.0 Å². The van der Waals surface area contributed by atoms with Crippen LogP contribution in [0, 0.1) is 18.3 Å². The topological polar surface area (TPSA) is 109 Å². The molecule has 26 heavy (non-hydrogen) atoms. The third-order valence-corrected chi connectivity index (χ3v) is 5.24. The van der Waals surface area contributed by atoms with Gasteiger partial charge in [0.15, 0.2) is 0 Å². The Balaban J connectivity index is 1.95. The molecule has 1 aromatic heterocycles. The second kappa shape index (κ2) is 6.86. The monoisotopic (exact) mass is 364 g/mol. The van der Waals surface area contributed by atoms with Gasteiger partial charge in [0.1, 0.15) is 6.07 Å². The number of aromatic nitrogens is 1. The highest BCUT2D eigenvalue weighted by Gasteiger charge is 2.15. The molecule has 0 spiro atoms. The molecule has 130 valence electrons. The molecule has 0 aliphatic rings. The summed E-state index contributed by atoms with van der Waals surface area (Å²) in [6.45, 7) is 1.82. The van der Waals surface area contributed by atoms with E-state index in [9.17, 15) is 8.42 Å². The molecule has 0 amide bonds. The van der Waals surface area contributed by atoms with Gasteiger partial charge in [-0.2, -0.15) is 5.26 Å². The third-order valence-electron chi connectivity index (χ3n) is 3.86. The first-order valence-electron chi connectivity index (χ1n) is 7.74. The van der Waals surface area contributed by atoms with E-state index >= 15 is 0 Å². The van der Waals surface area contributed by atoms with E-state index in [4.69, 9.17) is 11.0 Å². The van der Waals surface area contributed by atoms with E-state index in [1.165, 1.54) is 18.3 Å². The Bertz CT molecular complexity index is 1080. The smallest absolute Gasteiger partial charge is 0.261 e. The second-order valence-corrected chi connectivity index (χ2v) is 7.43. The van der Waals surface area contributed by atoms with Gasteiger partial charge in [-0.1, -0.05) is 12.1 Å². The number of rotatable bonds is 4. The number of anilines is 2. The standard InChI is InChI=1S/C19H16N4O2S/c1-13-2-4-15(18-9-3-14(11-20)12-22-18)10-19(13)23-26(24,25)17-7-5-16(21)6-8-17/h2-10,12,23H,21H2,1H3. The lowest BCUT2D eigenvalue weighted by Crippen LogP contribution is -2.13. The van der Waals surface area contributed by atoms with Gasteiger partial charge in [-0.15, -0.1) is 0 Å². The van der Waals surface area contributed by atoms with Crippen LogP contribution in [0.25, 0.3) is 11.3 Å². The fraction of sp³-hybridized carbons (Fsp3) is 0.0526. The minimum atomic E-state index is -3.73. The molecular formula is C19H16N4O2S. The van der Waals surface area contributed by atoms with E-state index in [1.54, 1.807) is 30.3 Å². The van der Waals surface area contributed by atoms with E-state index in [0.29, 0.717) is 22.6 Å². The molecule has 0 fully saturated rings. The van der Waals surface area contributed by atoms with Gasteiger partial charge in [-0.05, 0) is 55.0 Å². The summed E-state index contributed by atoms with van der Waals surface area (Å²) in [4.78, 5) is 4.37. The predicted octanol–water partition coefficient (Wildman–Crippen LogP) is 3.31. The molecule has 7 heteroatoms. The maximum absolute atomic E-state index is 12.6. The molecular weight excluding hydrogens is 348 g/mol. The lowest BCUT2D eigenvalue weighted by atomic mass is 10.1. The van der Waals surface area contributed by atoms with Crippen LogP contribution in [-0.4, -0.2) is 13.4 Å². The molecule has 0 saturated carbocycles. The van der Waals surface area contributed by atoms with E-state index in [-0.39, 0.29) is 4.90 Å². The summed E-state index contributed by atoms with van der Waals surface area (Å²) in [5, 5.41) is 8.86. The molecule has 0 saturated heterocycles. The number of hydrogen-bond donors (Lipinski definition) is 2. The summed E-state index contributed by atoms with van der Waals surface area (Å²) < 4.78 is 27.8. The lowest BCUT2D eigenvalue weighted by Gasteiger charge is -2.12. The fourth-order valence-corrected chi connectivity index (χ4v) is 3.49. The SMILES string of the molecule is Cc1ccc(-c2ccc(C#N)cn2)cc1NS(=O)(=O)c1ccc(N)cc1. The molecule has 1 heterocycles. The molecule has 6 nitrogen and oxygen atoms in total. The highest BCUT2D eigenvalue weighted by molar-refractivity contribution is 7.92. The number of nitrogens with two attached hydrogens (primary N) is 1. The molecule has 3 aromatic rings. The van der Waals surface area contributed by atoms with Gasteiger partial charge in [-0.25, -0.2) is 8.42 Å². The Hall–Kier alpha value is -3.37. The highest BCUT2D eigenvalue weighted by Crippen LogP contribution is 2.26. The number of hydrogen-bond acceptors (Lipinski definition) is 5. The highest BCUT2D eigenvalue weighted by atomic mass is 32.2. The van der Waals surface area contributed by atoms with Crippen LogP contribution in [0.5, 0.6) is 0 Å². The lowest BCUT2D eigenvalue weighted by molar-refractivity contribution is 0.601. The van der Waals surface area contributed by atoms with Crippen LogP contribution in [0.15, 0.2) is 65.7 Å². The van der Waals surface area contributed by atoms with Gasteiger partial charge in [-0.3, -0.25) is 9.71 Å². The number of nitrogens with one attached hydrogen (secondary N) is 1. The first-order valence-corrected chi connectivity index (χ1v) is 9.23. The Morgan fingerprint density at radius 2 is 1.81 bits per heavy atom. The zero-order chi connectivity index (χ0) is 18.7. The summed E-state index contributed by atoms with van der Waals surface area (Å²) in [6.07, 6.45) is 1.48. The minimum Gasteiger partial charge on any atom is -0.399 e. The average Bonchev–Trinajstić information content (AvgIpc) is 2.64. The van der Waals surface area contributed by atoms with Crippen LogP contribution in [0.3, 0.4) is 0 Å². The van der Waals surface area contributed by atoms with Crippen LogP contribution in [0.2, 0.25) is 0 Å². The number of sulfonamides is 1. The number of benzene rings is 2. The van der Waals surface area contributed by atoms with Crippen molar-refractivity contribution < 1.29 is 8.42 Å². The van der Waals surface area contributed by atoms with Gasteiger partial charge in [0, 0.05) is 17.4 Å². The van der Waals surface area contributed by atoms with Gasteiger partial charge in [0.25, 0.3) is 10.0 Å². The van der Waals surface area contributed by atoms with Gasteiger partial charge in [0.05, 0.1) is 21.8 Å². The van der Waals surface area contributed by atoms with Crippen LogP contribution < -0.4 is 10.5 Å². The van der Waals surface area contributed by atoms with Crippen LogP contribution in [0.4, 0.5) is 11.4 Å². The molecule has 2 aromatic carbocycles. The van der Waals surface area contributed by atoms with Crippen molar-refractivity contribution in [3.63, 3.8) is 0 Å². The Labute approximate surface area is 152 Å². The average molecular weight is 364 g/mol. The molecule has 3 N–H and O–H groups in total. The fourth-order valence-electron chi connectivity index (χ4n) is 2.37. The second-order valence-electron chi connectivity index (χ2n) is 5.75. The van der Waals surface area contributed by atoms with Crippen molar-refractivity contribution in [2.24, 2.45) is 0 Å². The van der Waals surface area contributed by atoms with Crippen molar-refractivity contribution >= 4 is 21.4 Å². The van der Waals surface area contributed by atoms with Gasteiger partial charge < -0.3 is 5.73 Å². The van der Waals surface area contributed by atoms with Gasteiger partial charge >= 0.3 is 0 Å². The number of aryl methyl sites for hydroxylation is 1. The number of nitrogen functional groups attached to an aromatic ring is 1. The maximum Gasteiger partial charge on any atom is 0.261 e. The van der Waals surface area contributed by atoms with Gasteiger partial charge in [0.2, 0.25) is 0 Å². The molecule has 0 aliphatic carbocycles. The first kappa shape index (κ1) is 17.5. The molecule has 0 aliphatic heterocycles. The van der Waals surface area contributed by atoms with E-state index in [0.717, 1.165) is 11.1 Å². The maximum atomic E-state index is 12.6. The zero-order valence-electron chi connectivity index (χ0n) is 14.0. The van der Waals surface area contributed by atoms with E-state index in [2.05, 4.69) is 9.71 Å². The normalized spacial score (nSPS) is 10.9. The molecule has 0 bridgehead atoms. The Morgan fingerprint density at radius 3 is 2.42 bits per heavy atom.